The van der Waals surface area contributed by atoms with Gasteiger partial charge in [-0.1, -0.05) is 31.5 Å². The fourth-order valence-electron chi connectivity index (χ4n) is 3.43. The van der Waals surface area contributed by atoms with E-state index in [-0.39, 0.29) is 12.1 Å². The van der Waals surface area contributed by atoms with Gasteiger partial charge in [0, 0.05) is 18.0 Å². The number of fused-ring (bicyclic) bond motifs is 2. The minimum Gasteiger partial charge on any atom is -0.364 e. The van der Waals surface area contributed by atoms with Crippen LogP contribution in [-0.4, -0.2) is 17.1 Å². The molecule has 1 aliphatic carbocycles. The van der Waals surface area contributed by atoms with E-state index in [0.29, 0.717) is 0 Å². The van der Waals surface area contributed by atoms with Crippen molar-refractivity contribution >= 4 is 22.5 Å². The van der Waals surface area contributed by atoms with Crippen LogP contribution in [-0.2, 0) is 17.6 Å². The molecule has 0 saturated carbocycles. The number of hydrogen-bond acceptors (Lipinski definition) is 3. The quantitative estimate of drug-likeness (QED) is 0.826. The maximum atomic E-state index is 11.5. The number of nitrogens with one attached hydrogen (secondary N) is 2. The van der Waals surface area contributed by atoms with Crippen molar-refractivity contribution in [1.29, 1.82) is 0 Å². The number of amides is 1. The minimum absolute atomic E-state index is 0.00294. The van der Waals surface area contributed by atoms with Crippen LogP contribution in [0.15, 0.2) is 24.3 Å². The van der Waals surface area contributed by atoms with Crippen molar-refractivity contribution in [1.82, 2.24) is 10.3 Å². The number of aromatic nitrogens is 1. The topological polar surface area (TPSA) is 54.0 Å². The molecular weight excluding hydrogens is 286 g/mol. The van der Waals surface area contributed by atoms with E-state index in [2.05, 4.69) is 35.8 Å². The van der Waals surface area contributed by atoms with Crippen molar-refractivity contribution in [2.45, 2.75) is 58.5 Å². The van der Waals surface area contributed by atoms with Gasteiger partial charge in [-0.05, 0) is 43.7 Å². The molecule has 1 heterocycles. The summed E-state index contributed by atoms with van der Waals surface area (Å²) in [6.45, 7) is 3.71. The third kappa shape index (κ3) is 3.46. The van der Waals surface area contributed by atoms with Crippen LogP contribution < -0.4 is 10.6 Å². The molecule has 122 valence electrons. The molecule has 0 bridgehead atoms. The molecule has 0 saturated heterocycles. The molecule has 1 amide bonds. The van der Waals surface area contributed by atoms with Crippen LogP contribution in [0, 0.1) is 0 Å². The van der Waals surface area contributed by atoms with Crippen molar-refractivity contribution in [3.63, 3.8) is 0 Å². The fourth-order valence-corrected chi connectivity index (χ4v) is 3.43. The number of carbonyl (C=O) groups is 1. The first-order valence-corrected chi connectivity index (χ1v) is 8.63. The summed E-state index contributed by atoms with van der Waals surface area (Å²) in [6, 6.07) is 8.28. The summed E-state index contributed by atoms with van der Waals surface area (Å²) in [4.78, 5) is 16.4. The van der Waals surface area contributed by atoms with Crippen LogP contribution in [0.5, 0.6) is 0 Å². The van der Waals surface area contributed by atoms with E-state index in [1.807, 2.05) is 6.07 Å². The van der Waals surface area contributed by atoms with Crippen LogP contribution in [0.2, 0.25) is 0 Å². The molecule has 3 rings (SSSR count). The Morgan fingerprint density at radius 1 is 1.26 bits per heavy atom. The predicted molar refractivity (Wildman–Crippen MR) is 94.5 cm³/mol. The van der Waals surface area contributed by atoms with Gasteiger partial charge in [0.25, 0.3) is 0 Å². The second-order valence-electron chi connectivity index (χ2n) is 6.32. The van der Waals surface area contributed by atoms with Gasteiger partial charge in [-0.25, -0.2) is 0 Å². The molecule has 0 spiro atoms. The first-order valence-electron chi connectivity index (χ1n) is 8.63. The fraction of sp³-hybridized carbons (Fsp3) is 0.474. The van der Waals surface area contributed by atoms with Gasteiger partial charge in [0.1, 0.15) is 0 Å². The number of anilines is 1. The molecule has 2 N–H and O–H groups in total. The Bertz CT molecular complexity index is 711. The van der Waals surface area contributed by atoms with Gasteiger partial charge in [-0.3, -0.25) is 9.78 Å². The summed E-state index contributed by atoms with van der Waals surface area (Å²) in [5.74, 6) is 0.00294. The Hall–Kier alpha value is -2.10. The maximum Gasteiger partial charge on any atom is 0.218 e. The standard InChI is InChI=1S/C19H25N3O/c1-3-8-18(20-13(2)23)22-19-14-9-4-6-11-16(14)21-17-12-7-5-10-15(17)19/h4,6,9,11,18H,3,5,7-8,10,12H2,1-2H3,(H,20,23)(H,21,22). The summed E-state index contributed by atoms with van der Waals surface area (Å²) < 4.78 is 0. The molecule has 0 aliphatic heterocycles. The van der Waals surface area contributed by atoms with Gasteiger partial charge in [0.2, 0.25) is 5.91 Å². The van der Waals surface area contributed by atoms with E-state index in [1.165, 1.54) is 24.1 Å². The zero-order valence-electron chi connectivity index (χ0n) is 14.0. The van der Waals surface area contributed by atoms with Crippen LogP contribution in [0.4, 0.5) is 5.69 Å². The van der Waals surface area contributed by atoms with Gasteiger partial charge in [-0.2, -0.15) is 0 Å². The van der Waals surface area contributed by atoms with Crippen LogP contribution in [0.1, 0.15) is 50.8 Å². The van der Waals surface area contributed by atoms with Crippen LogP contribution in [0.3, 0.4) is 0 Å². The molecule has 1 unspecified atom stereocenters. The Morgan fingerprint density at radius 2 is 2.04 bits per heavy atom. The van der Waals surface area contributed by atoms with Gasteiger partial charge in [0.05, 0.1) is 17.4 Å². The number of nitrogens with zero attached hydrogens (tertiary/aromatic N) is 1. The second-order valence-corrected chi connectivity index (χ2v) is 6.32. The third-order valence-electron chi connectivity index (χ3n) is 4.44. The molecule has 4 heteroatoms. The Balaban J connectivity index is 2.04. The first kappa shape index (κ1) is 15.8. The molecule has 1 aromatic heterocycles. The maximum absolute atomic E-state index is 11.5. The van der Waals surface area contributed by atoms with Crippen LogP contribution >= 0.6 is 0 Å². The SMILES string of the molecule is CCCC(NC(C)=O)Nc1c2c(nc3ccccc13)CCCC2. The van der Waals surface area contributed by atoms with E-state index in [1.54, 1.807) is 6.92 Å². The van der Waals surface area contributed by atoms with Gasteiger partial charge in [-0.15, -0.1) is 0 Å². The highest BCUT2D eigenvalue weighted by molar-refractivity contribution is 5.93. The Labute approximate surface area is 137 Å². The molecule has 1 aromatic carbocycles. The summed E-state index contributed by atoms with van der Waals surface area (Å²) in [5.41, 5.74) is 4.75. The average Bonchev–Trinajstić information content (AvgIpc) is 2.54. The average molecular weight is 311 g/mol. The van der Waals surface area contributed by atoms with Gasteiger partial charge < -0.3 is 10.6 Å². The molecule has 0 fully saturated rings. The Kier molecular flexibility index (Phi) is 4.79. The molecule has 0 radical (unpaired) electrons. The molecule has 23 heavy (non-hydrogen) atoms. The highest BCUT2D eigenvalue weighted by Crippen LogP contribution is 2.33. The van der Waals surface area contributed by atoms with Crippen molar-refractivity contribution in [2.75, 3.05) is 5.32 Å². The molecule has 1 atom stereocenters. The number of benzene rings is 1. The lowest BCUT2D eigenvalue weighted by Crippen LogP contribution is -2.39. The summed E-state index contributed by atoms with van der Waals surface area (Å²) in [6.07, 6.45) is 6.42. The van der Waals surface area contributed by atoms with Gasteiger partial charge >= 0.3 is 0 Å². The lowest BCUT2D eigenvalue weighted by Gasteiger charge is -2.26. The van der Waals surface area contributed by atoms with Crippen molar-refractivity contribution in [3.8, 4) is 0 Å². The largest absolute Gasteiger partial charge is 0.364 e. The smallest absolute Gasteiger partial charge is 0.218 e. The third-order valence-corrected chi connectivity index (χ3v) is 4.44. The monoisotopic (exact) mass is 311 g/mol. The number of carbonyl (C=O) groups excluding carboxylic acids is 1. The molecule has 1 aliphatic rings. The van der Waals surface area contributed by atoms with E-state index in [4.69, 9.17) is 4.98 Å². The normalized spacial score (nSPS) is 15.0. The summed E-state index contributed by atoms with van der Waals surface area (Å²) in [5, 5.41) is 7.79. The lowest BCUT2D eigenvalue weighted by atomic mass is 9.92. The number of pyridine rings is 1. The van der Waals surface area contributed by atoms with Crippen LogP contribution in [0.25, 0.3) is 10.9 Å². The van der Waals surface area contributed by atoms with Crippen molar-refractivity contribution < 1.29 is 4.79 Å². The minimum atomic E-state index is -0.0330. The first-order chi connectivity index (χ1) is 11.2. The zero-order chi connectivity index (χ0) is 16.2. The van der Waals surface area contributed by atoms with E-state index >= 15 is 0 Å². The predicted octanol–water partition coefficient (Wildman–Crippen LogP) is 3.79. The second kappa shape index (κ2) is 6.99. The number of rotatable bonds is 5. The zero-order valence-corrected chi connectivity index (χ0v) is 14.0. The van der Waals surface area contributed by atoms with Crippen molar-refractivity contribution in [2.24, 2.45) is 0 Å². The molecular formula is C19H25N3O. The number of aryl methyl sites for hydroxylation is 1. The highest BCUT2D eigenvalue weighted by Gasteiger charge is 2.20. The highest BCUT2D eigenvalue weighted by atomic mass is 16.1. The van der Waals surface area contributed by atoms with Crippen molar-refractivity contribution in [3.05, 3.63) is 35.5 Å². The summed E-state index contributed by atoms with van der Waals surface area (Å²) in [7, 11) is 0. The number of hydrogen-bond donors (Lipinski definition) is 2. The summed E-state index contributed by atoms with van der Waals surface area (Å²) >= 11 is 0. The number of para-hydroxylation sites is 1. The van der Waals surface area contributed by atoms with E-state index < -0.39 is 0 Å². The van der Waals surface area contributed by atoms with E-state index in [9.17, 15) is 4.79 Å². The molecule has 2 aromatic rings. The van der Waals surface area contributed by atoms with Gasteiger partial charge in [0.15, 0.2) is 0 Å². The lowest BCUT2D eigenvalue weighted by molar-refractivity contribution is -0.119. The molecule has 4 nitrogen and oxygen atoms in total. The Morgan fingerprint density at radius 3 is 2.83 bits per heavy atom. The van der Waals surface area contributed by atoms with E-state index in [0.717, 1.165) is 42.3 Å².